The Morgan fingerprint density at radius 2 is 1.87 bits per heavy atom. The average molecular weight is 533 g/mol. The van der Waals surface area contributed by atoms with Gasteiger partial charge in [-0.2, -0.15) is 5.01 Å². The van der Waals surface area contributed by atoms with Gasteiger partial charge >= 0.3 is 0 Å². The lowest BCUT2D eigenvalue weighted by Gasteiger charge is -2.19. The van der Waals surface area contributed by atoms with Crippen LogP contribution >= 0.6 is 11.3 Å². The predicted octanol–water partition coefficient (Wildman–Crippen LogP) is 3.33. The topological polar surface area (TPSA) is 156 Å². The van der Waals surface area contributed by atoms with Gasteiger partial charge in [0.2, 0.25) is 5.91 Å². The number of hydrazine groups is 1. The van der Waals surface area contributed by atoms with Crippen LogP contribution < -0.4 is 10.7 Å². The number of nitrogens with one attached hydrogen (secondary N) is 2. The molecule has 0 saturated carbocycles. The fourth-order valence-electron chi connectivity index (χ4n) is 3.42. The van der Waals surface area contributed by atoms with Crippen molar-refractivity contribution in [2.24, 2.45) is 10.1 Å². The van der Waals surface area contributed by atoms with E-state index in [0.717, 1.165) is 5.01 Å². The number of benzene rings is 2. The summed E-state index contributed by atoms with van der Waals surface area (Å²) in [7, 11) is 1.28. The Kier molecular flexibility index (Phi) is 7.68. The highest BCUT2D eigenvalue weighted by Crippen LogP contribution is 2.24. The van der Waals surface area contributed by atoms with Gasteiger partial charge in [0.05, 0.1) is 9.92 Å². The first-order chi connectivity index (χ1) is 18.3. The van der Waals surface area contributed by atoms with Crippen LogP contribution in [0.2, 0.25) is 0 Å². The number of hydrogen-bond donors (Lipinski definition) is 2. The number of anilines is 1. The molecule has 3 aromatic rings. The Morgan fingerprint density at radius 3 is 2.50 bits per heavy atom. The van der Waals surface area contributed by atoms with Crippen molar-refractivity contribution in [2.45, 2.75) is 6.92 Å². The number of hydrogen-bond acceptors (Lipinski definition) is 9. The number of nitrogens with zero attached hydrogens (tertiary/aromatic N) is 4. The van der Waals surface area contributed by atoms with E-state index in [2.05, 4.69) is 20.9 Å². The zero-order chi connectivity index (χ0) is 27.2. The molecular formula is C25H20N6O6S. The van der Waals surface area contributed by atoms with Gasteiger partial charge in [-0.3, -0.25) is 29.9 Å². The minimum absolute atomic E-state index is 0.00622. The molecule has 1 aliphatic heterocycles. The van der Waals surface area contributed by atoms with Crippen molar-refractivity contribution in [3.63, 3.8) is 0 Å². The Balaban J connectivity index is 1.65. The molecule has 12 nitrogen and oxygen atoms in total. The summed E-state index contributed by atoms with van der Waals surface area (Å²) in [5.74, 6) is -1.49. The van der Waals surface area contributed by atoms with Gasteiger partial charge in [-0.25, -0.2) is 4.99 Å². The van der Waals surface area contributed by atoms with Crippen LogP contribution in [-0.4, -0.2) is 46.3 Å². The van der Waals surface area contributed by atoms with Gasteiger partial charge in [0.25, 0.3) is 17.5 Å². The van der Waals surface area contributed by atoms with Crippen molar-refractivity contribution >= 4 is 57.4 Å². The molecule has 38 heavy (non-hydrogen) atoms. The normalized spacial score (nSPS) is 14.3. The molecule has 0 atom stereocenters. The zero-order valence-corrected chi connectivity index (χ0v) is 20.9. The maximum Gasteiger partial charge on any atom is 0.297 e. The number of oxime groups is 1. The van der Waals surface area contributed by atoms with Gasteiger partial charge in [0.1, 0.15) is 12.8 Å². The van der Waals surface area contributed by atoms with Crippen LogP contribution in [0.4, 0.5) is 10.7 Å². The van der Waals surface area contributed by atoms with Crippen LogP contribution in [0, 0.1) is 10.1 Å². The number of carbonyl (C=O) groups excluding carboxylic acids is 3. The molecule has 0 spiro atoms. The van der Waals surface area contributed by atoms with E-state index in [1.807, 2.05) is 0 Å². The second kappa shape index (κ2) is 11.3. The summed E-state index contributed by atoms with van der Waals surface area (Å²) in [6, 6.07) is 15.9. The fraction of sp³-hybridized carbons (Fsp3) is 0.0800. The molecule has 1 aromatic heterocycles. The van der Waals surface area contributed by atoms with Crippen molar-refractivity contribution in [1.82, 2.24) is 10.4 Å². The maximum atomic E-state index is 13.4. The van der Waals surface area contributed by atoms with Crippen LogP contribution in [0.15, 0.2) is 81.9 Å². The third kappa shape index (κ3) is 5.79. The van der Waals surface area contributed by atoms with Gasteiger partial charge in [0, 0.05) is 35.6 Å². The van der Waals surface area contributed by atoms with Crippen molar-refractivity contribution in [3.05, 3.63) is 98.5 Å². The fourth-order valence-corrected chi connectivity index (χ4v) is 4.25. The highest BCUT2D eigenvalue weighted by Gasteiger charge is 2.34. The zero-order valence-electron chi connectivity index (χ0n) is 20.1. The van der Waals surface area contributed by atoms with Crippen molar-refractivity contribution < 1.29 is 24.1 Å². The highest BCUT2D eigenvalue weighted by atomic mass is 32.1. The second-order valence-electron chi connectivity index (χ2n) is 7.76. The lowest BCUT2D eigenvalue weighted by atomic mass is 10.2. The molecule has 2 heterocycles. The number of thiophene rings is 1. The lowest BCUT2D eigenvalue weighted by molar-refractivity contribution is -0.384. The molecule has 192 valence electrons. The van der Waals surface area contributed by atoms with Crippen LogP contribution in [0.5, 0.6) is 0 Å². The number of nitro benzene ring substituents is 1. The molecule has 0 fully saturated rings. The molecule has 3 amide bonds. The van der Waals surface area contributed by atoms with Crippen molar-refractivity contribution in [3.8, 4) is 0 Å². The van der Waals surface area contributed by atoms with E-state index >= 15 is 0 Å². The molecule has 2 N–H and O–H groups in total. The average Bonchev–Trinajstić information content (AvgIpc) is 3.47. The number of aliphatic imine (C=N–C) groups is 1. The van der Waals surface area contributed by atoms with E-state index in [1.54, 1.807) is 41.8 Å². The molecule has 13 heteroatoms. The molecule has 1 aliphatic rings. The van der Waals surface area contributed by atoms with E-state index in [-0.39, 0.29) is 28.8 Å². The van der Waals surface area contributed by atoms with Gasteiger partial charge in [-0.05, 0) is 29.8 Å². The molecule has 0 unspecified atom stereocenters. The number of rotatable bonds is 8. The largest absolute Gasteiger partial charge is 0.398 e. The van der Waals surface area contributed by atoms with E-state index in [4.69, 9.17) is 4.84 Å². The molecule has 0 saturated heterocycles. The number of nitro groups is 1. The maximum absolute atomic E-state index is 13.4. The Labute approximate surface area is 220 Å². The standard InChI is InChI=1S/C25H20N6O6S/c1-15(32)26-21-13-18(14-38-21)22(29-37-2)24(33)28-30-23(17-6-4-3-5-7-17)27-20(25(30)34)12-16-8-10-19(11-9-16)31(35)36/h3-14H,1-2H3,(H,26,32)(H,28,33)/b20-12+,29-22+. The van der Waals surface area contributed by atoms with Gasteiger partial charge in [-0.1, -0.05) is 35.5 Å². The van der Waals surface area contributed by atoms with Crippen LogP contribution in [0.1, 0.15) is 23.6 Å². The van der Waals surface area contributed by atoms with E-state index < -0.39 is 16.7 Å². The molecule has 0 aliphatic carbocycles. The first kappa shape index (κ1) is 25.9. The van der Waals surface area contributed by atoms with E-state index in [1.165, 1.54) is 55.7 Å². The minimum Gasteiger partial charge on any atom is -0.398 e. The number of amidine groups is 1. The van der Waals surface area contributed by atoms with E-state index in [9.17, 15) is 24.5 Å². The van der Waals surface area contributed by atoms with Gasteiger partial charge in [0.15, 0.2) is 11.5 Å². The number of non-ortho nitro benzene ring substituents is 1. The molecule has 0 radical (unpaired) electrons. The minimum atomic E-state index is -0.757. The number of amides is 3. The summed E-state index contributed by atoms with van der Waals surface area (Å²) in [5, 5.41) is 20.5. The SMILES string of the molecule is CO/N=C(/C(=O)NN1C(=O)/C(=C\c2ccc([N+](=O)[O-])cc2)N=C1c1ccccc1)c1csc(NC(C)=O)c1. The molecule has 4 rings (SSSR count). The molecule has 0 bridgehead atoms. The predicted molar refractivity (Wildman–Crippen MR) is 141 cm³/mol. The lowest BCUT2D eigenvalue weighted by Crippen LogP contribution is -2.49. The summed E-state index contributed by atoms with van der Waals surface area (Å²) < 4.78 is 0. The summed E-state index contributed by atoms with van der Waals surface area (Å²) >= 11 is 1.19. The first-order valence-corrected chi connectivity index (χ1v) is 11.9. The third-order valence-corrected chi connectivity index (χ3v) is 5.93. The Hall–Kier alpha value is -5.17. The molecule has 2 aromatic carbocycles. The Bertz CT molecular complexity index is 1490. The van der Waals surface area contributed by atoms with Gasteiger partial charge < -0.3 is 10.2 Å². The van der Waals surface area contributed by atoms with E-state index in [0.29, 0.717) is 21.7 Å². The summed E-state index contributed by atoms with van der Waals surface area (Å²) in [5.41, 5.74) is 3.76. The Morgan fingerprint density at radius 1 is 1.16 bits per heavy atom. The van der Waals surface area contributed by atoms with Crippen molar-refractivity contribution in [2.75, 3.05) is 12.4 Å². The van der Waals surface area contributed by atoms with Crippen LogP contribution in [-0.2, 0) is 19.2 Å². The third-order valence-electron chi connectivity index (χ3n) is 5.08. The summed E-state index contributed by atoms with van der Waals surface area (Å²) in [4.78, 5) is 57.7. The van der Waals surface area contributed by atoms with Gasteiger partial charge in [-0.15, -0.1) is 11.3 Å². The quantitative estimate of drug-likeness (QED) is 0.196. The van der Waals surface area contributed by atoms with Crippen LogP contribution in [0.25, 0.3) is 6.08 Å². The van der Waals surface area contributed by atoms with Crippen molar-refractivity contribution in [1.29, 1.82) is 0 Å². The second-order valence-corrected chi connectivity index (χ2v) is 8.68. The molecular weight excluding hydrogens is 512 g/mol. The van der Waals surface area contributed by atoms with Crippen LogP contribution in [0.3, 0.4) is 0 Å². The highest BCUT2D eigenvalue weighted by molar-refractivity contribution is 7.14. The summed E-state index contributed by atoms with van der Waals surface area (Å²) in [6.45, 7) is 1.36. The monoisotopic (exact) mass is 532 g/mol. The summed E-state index contributed by atoms with van der Waals surface area (Å²) in [6.07, 6.45) is 1.46. The first-order valence-electron chi connectivity index (χ1n) is 11.0. The number of carbonyl (C=O) groups is 3. The smallest absolute Gasteiger partial charge is 0.297 e.